The Morgan fingerprint density at radius 2 is 1.08 bits per heavy atom. The van der Waals surface area contributed by atoms with E-state index in [1.807, 2.05) is 12.2 Å². The molecule has 0 aliphatic rings. The first-order valence-electron chi connectivity index (χ1n) is 9.24. The molecule has 0 spiro atoms. The fraction of sp³-hybridized carbons (Fsp3) is 0.500. The van der Waals surface area contributed by atoms with Gasteiger partial charge < -0.3 is 5.11 Å². The minimum Gasteiger partial charge on any atom is -0.481 e. The van der Waals surface area contributed by atoms with Crippen molar-refractivity contribution in [2.45, 2.75) is 71.1 Å². The molecule has 0 unspecified atom stereocenters. The molecular weight excluding hydrogens is 296 g/mol. The topological polar surface area (TPSA) is 37.3 Å². The van der Waals surface area contributed by atoms with Crippen LogP contribution < -0.4 is 0 Å². The standard InChI is InChI=1S/C22H34O2/c1-2-3-4-5-6-7-8-9-10-11-12-13-14-15-16-17-18-19-20-21-22(23)24/h6-7,9-10,12-13,15-16,18-19H,2-5,8,11,14,17,20-21H2,1H3,(H,23,24)/b7-6-,10-9-,13-12+,16-15-,19-18-. The fourth-order valence-corrected chi connectivity index (χ4v) is 2.04. The van der Waals surface area contributed by atoms with E-state index in [0.29, 0.717) is 6.42 Å². The van der Waals surface area contributed by atoms with Gasteiger partial charge in [0.1, 0.15) is 0 Å². The first-order chi connectivity index (χ1) is 11.8. The zero-order valence-electron chi connectivity index (χ0n) is 15.2. The van der Waals surface area contributed by atoms with E-state index in [1.54, 1.807) is 0 Å². The molecular formula is C22H34O2. The highest BCUT2D eigenvalue weighted by molar-refractivity contribution is 5.66. The molecule has 134 valence electrons. The molecule has 0 amide bonds. The van der Waals surface area contributed by atoms with Crippen LogP contribution in [0.3, 0.4) is 0 Å². The van der Waals surface area contributed by atoms with Crippen LogP contribution in [-0.4, -0.2) is 11.1 Å². The van der Waals surface area contributed by atoms with Crippen LogP contribution in [0.1, 0.15) is 71.1 Å². The van der Waals surface area contributed by atoms with Gasteiger partial charge in [-0.1, -0.05) is 80.5 Å². The third-order valence-corrected chi connectivity index (χ3v) is 3.42. The van der Waals surface area contributed by atoms with Crippen molar-refractivity contribution in [3.8, 4) is 0 Å². The van der Waals surface area contributed by atoms with Gasteiger partial charge in [0.15, 0.2) is 0 Å². The normalized spacial score (nSPS) is 12.7. The second kappa shape index (κ2) is 19.2. The summed E-state index contributed by atoms with van der Waals surface area (Å²) in [4.78, 5) is 10.3. The largest absolute Gasteiger partial charge is 0.481 e. The first-order valence-corrected chi connectivity index (χ1v) is 9.24. The van der Waals surface area contributed by atoms with Gasteiger partial charge in [0.05, 0.1) is 0 Å². The molecule has 0 bridgehead atoms. The van der Waals surface area contributed by atoms with Crippen molar-refractivity contribution in [3.05, 3.63) is 60.8 Å². The van der Waals surface area contributed by atoms with Crippen molar-refractivity contribution in [1.82, 2.24) is 0 Å². The van der Waals surface area contributed by atoms with Crippen LogP contribution in [0.2, 0.25) is 0 Å². The van der Waals surface area contributed by atoms with Crippen molar-refractivity contribution < 1.29 is 9.90 Å². The maximum Gasteiger partial charge on any atom is 0.303 e. The molecule has 0 atom stereocenters. The van der Waals surface area contributed by atoms with Gasteiger partial charge in [0.2, 0.25) is 0 Å². The smallest absolute Gasteiger partial charge is 0.303 e. The highest BCUT2D eigenvalue weighted by Gasteiger charge is 1.90. The molecule has 24 heavy (non-hydrogen) atoms. The van der Waals surface area contributed by atoms with Crippen molar-refractivity contribution >= 4 is 5.97 Å². The Balaban J connectivity index is 3.46. The number of allylic oxidation sites excluding steroid dienone is 10. The van der Waals surface area contributed by atoms with E-state index < -0.39 is 5.97 Å². The van der Waals surface area contributed by atoms with Gasteiger partial charge >= 0.3 is 5.97 Å². The number of rotatable bonds is 15. The molecule has 0 radical (unpaired) electrons. The van der Waals surface area contributed by atoms with E-state index in [0.717, 1.165) is 25.7 Å². The van der Waals surface area contributed by atoms with Crippen LogP contribution in [0.25, 0.3) is 0 Å². The maximum absolute atomic E-state index is 10.3. The predicted octanol–water partition coefficient (Wildman–Crippen LogP) is 6.77. The molecule has 0 fully saturated rings. The number of carboxylic acids is 1. The molecule has 0 heterocycles. The van der Waals surface area contributed by atoms with E-state index in [2.05, 4.69) is 55.5 Å². The Kier molecular flexibility index (Phi) is 17.8. The van der Waals surface area contributed by atoms with Gasteiger partial charge in [-0.15, -0.1) is 0 Å². The fourth-order valence-electron chi connectivity index (χ4n) is 2.04. The summed E-state index contributed by atoms with van der Waals surface area (Å²) in [6.45, 7) is 2.23. The van der Waals surface area contributed by atoms with Crippen LogP contribution in [0.15, 0.2) is 60.8 Å². The zero-order valence-corrected chi connectivity index (χ0v) is 15.2. The monoisotopic (exact) mass is 330 g/mol. The SMILES string of the molecule is CCCCC/C=C\C/C=C\C/C=C/C/C=C\C/C=C\CCC(=O)O. The molecule has 0 saturated heterocycles. The summed E-state index contributed by atoms with van der Waals surface area (Å²) in [7, 11) is 0. The van der Waals surface area contributed by atoms with E-state index in [-0.39, 0.29) is 6.42 Å². The number of hydrogen-bond donors (Lipinski definition) is 1. The van der Waals surface area contributed by atoms with Crippen molar-refractivity contribution in [1.29, 1.82) is 0 Å². The summed E-state index contributed by atoms with van der Waals surface area (Å²) in [6.07, 6.45) is 31.4. The van der Waals surface area contributed by atoms with E-state index >= 15 is 0 Å². The average Bonchev–Trinajstić information content (AvgIpc) is 2.56. The van der Waals surface area contributed by atoms with Gasteiger partial charge in [-0.2, -0.15) is 0 Å². The Morgan fingerprint density at radius 1 is 0.667 bits per heavy atom. The number of unbranched alkanes of at least 4 members (excludes halogenated alkanes) is 3. The van der Waals surface area contributed by atoms with Crippen molar-refractivity contribution in [3.63, 3.8) is 0 Å². The molecule has 0 rings (SSSR count). The Hall–Kier alpha value is -1.83. The van der Waals surface area contributed by atoms with E-state index in [1.165, 1.54) is 25.7 Å². The highest BCUT2D eigenvalue weighted by Crippen LogP contribution is 2.01. The lowest BCUT2D eigenvalue weighted by atomic mass is 10.2. The average molecular weight is 331 g/mol. The maximum atomic E-state index is 10.3. The van der Waals surface area contributed by atoms with Gasteiger partial charge in [-0.3, -0.25) is 4.79 Å². The van der Waals surface area contributed by atoms with Crippen LogP contribution >= 0.6 is 0 Å². The number of hydrogen-bond acceptors (Lipinski definition) is 1. The zero-order chi connectivity index (χ0) is 17.7. The molecule has 0 aliphatic carbocycles. The number of carboxylic acid groups (broad SMARTS) is 1. The minimum atomic E-state index is -0.739. The summed E-state index contributed by atoms with van der Waals surface area (Å²) in [6, 6.07) is 0. The van der Waals surface area contributed by atoms with Crippen molar-refractivity contribution in [2.24, 2.45) is 0 Å². The number of aliphatic carboxylic acids is 1. The van der Waals surface area contributed by atoms with Gasteiger partial charge in [-0.05, 0) is 44.9 Å². The lowest BCUT2D eigenvalue weighted by Crippen LogP contribution is -1.91. The second-order valence-corrected chi connectivity index (χ2v) is 5.73. The summed E-state index contributed by atoms with van der Waals surface area (Å²) in [5, 5.41) is 8.49. The Morgan fingerprint density at radius 3 is 1.50 bits per heavy atom. The molecule has 1 N–H and O–H groups in total. The molecule has 0 aromatic carbocycles. The van der Waals surface area contributed by atoms with Crippen LogP contribution in [0.5, 0.6) is 0 Å². The minimum absolute atomic E-state index is 0.213. The molecule has 0 saturated carbocycles. The van der Waals surface area contributed by atoms with Gasteiger partial charge in [-0.25, -0.2) is 0 Å². The van der Waals surface area contributed by atoms with E-state index in [9.17, 15) is 4.79 Å². The number of carbonyl (C=O) groups is 1. The van der Waals surface area contributed by atoms with Crippen LogP contribution in [0.4, 0.5) is 0 Å². The molecule has 2 heteroatoms. The summed E-state index contributed by atoms with van der Waals surface area (Å²) < 4.78 is 0. The quantitative estimate of drug-likeness (QED) is 0.265. The second-order valence-electron chi connectivity index (χ2n) is 5.73. The Bertz CT molecular complexity index is 425. The van der Waals surface area contributed by atoms with Gasteiger partial charge in [0.25, 0.3) is 0 Å². The van der Waals surface area contributed by atoms with E-state index in [4.69, 9.17) is 5.11 Å². The third kappa shape index (κ3) is 20.2. The molecule has 0 aliphatic heterocycles. The van der Waals surface area contributed by atoms with Gasteiger partial charge in [0, 0.05) is 6.42 Å². The molecule has 2 nitrogen and oxygen atoms in total. The van der Waals surface area contributed by atoms with Crippen molar-refractivity contribution in [2.75, 3.05) is 0 Å². The third-order valence-electron chi connectivity index (χ3n) is 3.42. The predicted molar refractivity (Wildman–Crippen MR) is 105 cm³/mol. The van der Waals surface area contributed by atoms with Crippen LogP contribution in [-0.2, 0) is 4.79 Å². The molecule has 0 aromatic rings. The lowest BCUT2D eigenvalue weighted by Gasteiger charge is -1.90. The molecule has 0 aromatic heterocycles. The Labute approximate surface area is 148 Å². The summed E-state index contributed by atoms with van der Waals surface area (Å²) >= 11 is 0. The van der Waals surface area contributed by atoms with Crippen LogP contribution in [0, 0.1) is 0 Å². The lowest BCUT2D eigenvalue weighted by molar-refractivity contribution is -0.136. The summed E-state index contributed by atoms with van der Waals surface area (Å²) in [5.74, 6) is -0.739. The summed E-state index contributed by atoms with van der Waals surface area (Å²) in [5.41, 5.74) is 0. The highest BCUT2D eigenvalue weighted by atomic mass is 16.4. The first kappa shape index (κ1) is 22.2.